The van der Waals surface area contributed by atoms with Gasteiger partial charge in [-0.1, -0.05) is 34.6 Å². The summed E-state index contributed by atoms with van der Waals surface area (Å²) in [5, 5.41) is 13.1. The molecular weight excluding hydrogens is 210 g/mol. The molecule has 0 aromatic carbocycles. The van der Waals surface area contributed by atoms with Crippen LogP contribution in [0.3, 0.4) is 0 Å². The van der Waals surface area contributed by atoms with Crippen LogP contribution < -0.4 is 5.32 Å². The number of hydrogen-bond acceptors (Lipinski definition) is 2. The van der Waals surface area contributed by atoms with Crippen LogP contribution in [-0.4, -0.2) is 23.8 Å². The molecule has 0 heterocycles. The fraction of sp³-hybridized carbons (Fsp3) is 1.00. The van der Waals surface area contributed by atoms with E-state index >= 15 is 0 Å². The van der Waals surface area contributed by atoms with Crippen LogP contribution in [0.2, 0.25) is 0 Å². The van der Waals surface area contributed by atoms with E-state index in [1.54, 1.807) is 0 Å². The molecule has 1 aliphatic carbocycles. The molecule has 3 unspecified atom stereocenters. The number of hydrogen-bond donors (Lipinski definition) is 2. The molecule has 17 heavy (non-hydrogen) atoms. The molecule has 1 rings (SSSR count). The van der Waals surface area contributed by atoms with Gasteiger partial charge < -0.3 is 10.4 Å². The summed E-state index contributed by atoms with van der Waals surface area (Å²) in [6.07, 6.45) is 4.91. The second-order valence-corrected chi connectivity index (χ2v) is 7.29. The molecule has 0 aliphatic heterocycles. The topological polar surface area (TPSA) is 32.3 Å². The zero-order valence-corrected chi connectivity index (χ0v) is 12.3. The van der Waals surface area contributed by atoms with E-state index in [-0.39, 0.29) is 12.6 Å². The number of aliphatic hydroxyl groups is 1. The van der Waals surface area contributed by atoms with Gasteiger partial charge in [-0.25, -0.2) is 0 Å². The highest BCUT2D eigenvalue weighted by molar-refractivity contribution is 4.88. The second kappa shape index (κ2) is 6.19. The molecule has 0 bridgehead atoms. The Bertz CT molecular complexity index is 225. The van der Waals surface area contributed by atoms with Gasteiger partial charge >= 0.3 is 0 Å². The highest BCUT2D eigenvalue weighted by Gasteiger charge is 2.32. The van der Waals surface area contributed by atoms with Gasteiger partial charge in [0.2, 0.25) is 0 Å². The summed E-state index contributed by atoms with van der Waals surface area (Å²) in [5.74, 6) is 1.45. The zero-order valence-electron chi connectivity index (χ0n) is 12.3. The maximum Gasteiger partial charge on any atom is 0.0584 e. The molecule has 1 fully saturated rings. The van der Waals surface area contributed by atoms with Crippen molar-refractivity contribution in [2.24, 2.45) is 17.3 Å². The van der Waals surface area contributed by atoms with Gasteiger partial charge in [-0.3, -0.25) is 0 Å². The van der Waals surface area contributed by atoms with Crippen LogP contribution in [0.5, 0.6) is 0 Å². The molecule has 0 amide bonds. The molecule has 0 spiro atoms. The van der Waals surface area contributed by atoms with E-state index in [2.05, 4.69) is 39.9 Å². The molecule has 102 valence electrons. The van der Waals surface area contributed by atoms with Crippen LogP contribution in [0, 0.1) is 17.3 Å². The first-order chi connectivity index (χ1) is 7.82. The summed E-state index contributed by atoms with van der Waals surface area (Å²) in [6, 6.07) is 0.866. The summed E-state index contributed by atoms with van der Waals surface area (Å²) in [5.41, 5.74) is 0.452. The van der Waals surface area contributed by atoms with E-state index in [4.69, 9.17) is 0 Å². The van der Waals surface area contributed by atoms with Crippen molar-refractivity contribution in [1.29, 1.82) is 0 Å². The van der Waals surface area contributed by atoms with Crippen molar-refractivity contribution in [3.63, 3.8) is 0 Å². The first kappa shape index (κ1) is 15.0. The number of aliphatic hydroxyl groups excluding tert-OH is 1. The standard InChI is InChI=1S/C15H31NO/c1-11(2)6-14(10-17)16-13-7-12(3)8-15(4,5)9-13/h11-14,16-17H,6-10H2,1-5H3. The van der Waals surface area contributed by atoms with Crippen molar-refractivity contribution in [3.8, 4) is 0 Å². The average Bonchev–Trinajstić information content (AvgIpc) is 2.12. The van der Waals surface area contributed by atoms with Gasteiger partial charge in [0.15, 0.2) is 0 Å². The molecule has 0 saturated heterocycles. The summed E-state index contributed by atoms with van der Waals surface area (Å²) in [4.78, 5) is 0. The first-order valence-electron chi connectivity index (χ1n) is 7.19. The van der Waals surface area contributed by atoms with Gasteiger partial charge in [-0.15, -0.1) is 0 Å². The van der Waals surface area contributed by atoms with E-state index in [0.29, 0.717) is 17.4 Å². The Kier molecular flexibility index (Phi) is 5.46. The van der Waals surface area contributed by atoms with E-state index in [1.165, 1.54) is 19.3 Å². The Morgan fingerprint density at radius 1 is 1.29 bits per heavy atom. The molecule has 2 N–H and O–H groups in total. The minimum Gasteiger partial charge on any atom is -0.395 e. The van der Waals surface area contributed by atoms with Crippen LogP contribution in [0.1, 0.15) is 60.3 Å². The van der Waals surface area contributed by atoms with Crippen LogP contribution in [0.4, 0.5) is 0 Å². The summed E-state index contributed by atoms with van der Waals surface area (Å²) in [7, 11) is 0. The molecule has 2 heteroatoms. The third kappa shape index (κ3) is 5.39. The monoisotopic (exact) mass is 241 g/mol. The van der Waals surface area contributed by atoms with Crippen LogP contribution in [-0.2, 0) is 0 Å². The smallest absolute Gasteiger partial charge is 0.0584 e. The average molecular weight is 241 g/mol. The molecule has 2 nitrogen and oxygen atoms in total. The molecule has 3 atom stereocenters. The van der Waals surface area contributed by atoms with Gasteiger partial charge in [0.25, 0.3) is 0 Å². The molecule has 0 aromatic heterocycles. The third-order valence-electron chi connectivity index (χ3n) is 3.83. The number of nitrogens with one attached hydrogen (secondary N) is 1. The van der Waals surface area contributed by atoms with Gasteiger partial charge in [-0.2, -0.15) is 0 Å². The highest BCUT2D eigenvalue weighted by atomic mass is 16.3. The Morgan fingerprint density at radius 3 is 2.41 bits per heavy atom. The van der Waals surface area contributed by atoms with Crippen molar-refractivity contribution in [1.82, 2.24) is 5.32 Å². The quantitative estimate of drug-likeness (QED) is 0.775. The van der Waals surface area contributed by atoms with Gasteiger partial charge in [-0.05, 0) is 42.9 Å². The molecule has 1 aliphatic rings. The fourth-order valence-electron chi connectivity index (χ4n) is 3.57. The Balaban J connectivity index is 2.48. The van der Waals surface area contributed by atoms with Crippen molar-refractivity contribution < 1.29 is 5.11 Å². The van der Waals surface area contributed by atoms with Gasteiger partial charge in [0, 0.05) is 12.1 Å². The van der Waals surface area contributed by atoms with Crippen molar-refractivity contribution in [2.75, 3.05) is 6.61 Å². The third-order valence-corrected chi connectivity index (χ3v) is 3.83. The Labute approximate surface area is 107 Å². The predicted octanol–water partition coefficient (Wildman–Crippen LogP) is 3.20. The van der Waals surface area contributed by atoms with Crippen molar-refractivity contribution >= 4 is 0 Å². The number of rotatable bonds is 5. The van der Waals surface area contributed by atoms with E-state index in [1.807, 2.05) is 0 Å². The van der Waals surface area contributed by atoms with Gasteiger partial charge in [0.1, 0.15) is 0 Å². The predicted molar refractivity (Wildman–Crippen MR) is 74.0 cm³/mol. The highest BCUT2D eigenvalue weighted by Crippen LogP contribution is 2.38. The Morgan fingerprint density at radius 2 is 1.94 bits per heavy atom. The minimum absolute atomic E-state index is 0.267. The molecule has 0 radical (unpaired) electrons. The van der Waals surface area contributed by atoms with Crippen molar-refractivity contribution in [3.05, 3.63) is 0 Å². The van der Waals surface area contributed by atoms with Gasteiger partial charge in [0.05, 0.1) is 6.61 Å². The normalized spacial score (nSPS) is 30.5. The van der Waals surface area contributed by atoms with E-state index < -0.39 is 0 Å². The lowest BCUT2D eigenvalue weighted by Crippen LogP contribution is -2.46. The van der Waals surface area contributed by atoms with E-state index in [0.717, 1.165) is 12.3 Å². The van der Waals surface area contributed by atoms with Crippen LogP contribution >= 0.6 is 0 Å². The summed E-state index contributed by atoms with van der Waals surface area (Å²) >= 11 is 0. The lowest BCUT2D eigenvalue weighted by atomic mass is 9.70. The lowest BCUT2D eigenvalue weighted by molar-refractivity contribution is 0.127. The van der Waals surface area contributed by atoms with Crippen LogP contribution in [0.15, 0.2) is 0 Å². The fourth-order valence-corrected chi connectivity index (χ4v) is 3.57. The van der Waals surface area contributed by atoms with Crippen LogP contribution in [0.25, 0.3) is 0 Å². The largest absolute Gasteiger partial charge is 0.395 e. The zero-order chi connectivity index (χ0) is 13.1. The second-order valence-electron chi connectivity index (χ2n) is 7.29. The molecule has 1 saturated carbocycles. The molecular formula is C15H31NO. The summed E-state index contributed by atoms with van der Waals surface area (Å²) < 4.78 is 0. The minimum atomic E-state index is 0.267. The summed E-state index contributed by atoms with van der Waals surface area (Å²) in [6.45, 7) is 11.8. The van der Waals surface area contributed by atoms with Crippen molar-refractivity contribution in [2.45, 2.75) is 72.4 Å². The molecule has 0 aromatic rings. The Hall–Kier alpha value is -0.0800. The lowest BCUT2D eigenvalue weighted by Gasteiger charge is -2.40. The SMILES string of the molecule is CC(C)CC(CO)NC1CC(C)CC(C)(C)C1. The van der Waals surface area contributed by atoms with E-state index in [9.17, 15) is 5.11 Å². The maximum absolute atomic E-state index is 9.44. The first-order valence-corrected chi connectivity index (χ1v) is 7.19. The maximum atomic E-state index is 9.44.